The lowest BCUT2D eigenvalue weighted by Crippen LogP contribution is -2.22. The molecular weight excluding hydrogens is 226 g/mol. The third-order valence-corrected chi connectivity index (χ3v) is 3.05. The smallest absolute Gasteiger partial charge is 0.253 e. The Morgan fingerprint density at radius 1 is 1.33 bits per heavy atom. The number of benzene rings is 1. The highest BCUT2D eigenvalue weighted by molar-refractivity contribution is 5.95. The molecule has 3 N–H and O–H groups in total. The van der Waals surface area contributed by atoms with Crippen LogP contribution in [0, 0.1) is 0 Å². The first-order valence-corrected chi connectivity index (χ1v) is 6.37. The van der Waals surface area contributed by atoms with Gasteiger partial charge in [-0.05, 0) is 31.0 Å². The van der Waals surface area contributed by atoms with Crippen molar-refractivity contribution in [3.8, 4) is 0 Å². The van der Waals surface area contributed by atoms with Gasteiger partial charge in [-0.25, -0.2) is 0 Å². The van der Waals surface area contributed by atoms with Crippen LogP contribution in [-0.2, 0) is 0 Å². The molecule has 4 nitrogen and oxygen atoms in total. The molecule has 0 bridgehead atoms. The van der Waals surface area contributed by atoms with E-state index < -0.39 is 0 Å². The maximum atomic E-state index is 11.8. The maximum Gasteiger partial charge on any atom is 0.253 e. The van der Waals surface area contributed by atoms with Crippen LogP contribution in [0.2, 0.25) is 0 Å². The average molecular weight is 249 g/mol. The molecule has 4 heteroatoms. The Morgan fingerprint density at radius 2 is 1.94 bits per heavy atom. The van der Waals surface area contributed by atoms with Gasteiger partial charge in [-0.15, -0.1) is 0 Å². The van der Waals surface area contributed by atoms with Crippen LogP contribution < -0.4 is 11.1 Å². The van der Waals surface area contributed by atoms with Gasteiger partial charge in [-0.3, -0.25) is 4.79 Å². The SMILES string of the molecule is CCC(CC)Nc1ccc(C(=O)N(C)C)cc1N. The minimum atomic E-state index is -0.0317. The van der Waals surface area contributed by atoms with Crippen LogP contribution in [0.4, 0.5) is 11.4 Å². The van der Waals surface area contributed by atoms with Gasteiger partial charge >= 0.3 is 0 Å². The highest BCUT2D eigenvalue weighted by Crippen LogP contribution is 2.22. The van der Waals surface area contributed by atoms with Gasteiger partial charge in [-0.2, -0.15) is 0 Å². The van der Waals surface area contributed by atoms with Gasteiger partial charge in [-0.1, -0.05) is 13.8 Å². The molecule has 0 saturated heterocycles. The number of nitrogens with zero attached hydrogens (tertiary/aromatic N) is 1. The van der Waals surface area contributed by atoms with E-state index in [1.807, 2.05) is 12.1 Å². The summed E-state index contributed by atoms with van der Waals surface area (Å²) in [5.41, 5.74) is 8.12. The number of hydrogen-bond donors (Lipinski definition) is 2. The van der Waals surface area contributed by atoms with Crippen LogP contribution >= 0.6 is 0 Å². The first-order valence-electron chi connectivity index (χ1n) is 6.37. The molecule has 1 amide bonds. The van der Waals surface area contributed by atoms with Gasteiger partial charge in [0.25, 0.3) is 5.91 Å². The van der Waals surface area contributed by atoms with Gasteiger partial charge in [0, 0.05) is 25.7 Å². The van der Waals surface area contributed by atoms with Gasteiger partial charge in [0.1, 0.15) is 0 Å². The Bertz CT molecular complexity index is 412. The molecule has 0 aliphatic heterocycles. The van der Waals surface area contributed by atoms with Crippen LogP contribution in [0.3, 0.4) is 0 Å². The fraction of sp³-hybridized carbons (Fsp3) is 0.500. The molecule has 0 aliphatic carbocycles. The van der Waals surface area contributed by atoms with E-state index in [1.54, 1.807) is 25.1 Å². The largest absolute Gasteiger partial charge is 0.397 e. The van der Waals surface area contributed by atoms with Crippen molar-refractivity contribution in [1.29, 1.82) is 0 Å². The third-order valence-electron chi connectivity index (χ3n) is 3.05. The van der Waals surface area contributed by atoms with Gasteiger partial charge < -0.3 is 16.0 Å². The van der Waals surface area contributed by atoms with E-state index in [1.165, 1.54) is 0 Å². The van der Waals surface area contributed by atoms with Gasteiger partial charge in [0.05, 0.1) is 11.4 Å². The van der Waals surface area contributed by atoms with Crippen molar-refractivity contribution in [3.05, 3.63) is 23.8 Å². The summed E-state index contributed by atoms with van der Waals surface area (Å²) < 4.78 is 0. The average Bonchev–Trinajstić information content (AvgIpc) is 2.36. The molecule has 100 valence electrons. The van der Waals surface area contributed by atoms with Gasteiger partial charge in [0.15, 0.2) is 0 Å². The minimum Gasteiger partial charge on any atom is -0.397 e. The highest BCUT2D eigenvalue weighted by Gasteiger charge is 2.11. The topological polar surface area (TPSA) is 58.4 Å². The molecule has 0 radical (unpaired) electrons. The summed E-state index contributed by atoms with van der Waals surface area (Å²) in [5, 5.41) is 3.39. The number of nitrogens with two attached hydrogens (primary N) is 1. The van der Waals surface area contributed by atoms with E-state index in [0.717, 1.165) is 18.5 Å². The quantitative estimate of drug-likeness (QED) is 0.788. The lowest BCUT2D eigenvalue weighted by Gasteiger charge is -2.18. The Kier molecular flexibility index (Phi) is 5.01. The molecule has 0 unspecified atom stereocenters. The first kappa shape index (κ1) is 14.4. The number of amides is 1. The zero-order valence-corrected chi connectivity index (χ0v) is 11.7. The molecule has 18 heavy (non-hydrogen) atoms. The second-order valence-corrected chi connectivity index (χ2v) is 4.66. The van der Waals surface area contributed by atoms with Crippen molar-refractivity contribution in [1.82, 2.24) is 4.90 Å². The van der Waals surface area contributed by atoms with E-state index >= 15 is 0 Å². The van der Waals surface area contributed by atoms with Crippen LogP contribution in [-0.4, -0.2) is 30.9 Å². The summed E-state index contributed by atoms with van der Waals surface area (Å²) >= 11 is 0. The molecule has 0 heterocycles. The molecular formula is C14H23N3O. The second-order valence-electron chi connectivity index (χ2n) is 4.66. The predicted molar refractivity (Wildman–Crippen MR) is 76.9 cm³/mol. The third kappa shape index (κ3) is 3.39. The summed E-state index contributed by atoms with van der Waals surface area (Å²) in [7, 11) is 3.46. The molecule has 0 aliphatic rings. The normalized spacial score (nSPS) is 10.5. The number of anilines is 2. The Morgan fingerprint density at radius 3 is 2.39 bits per heavy atom. The summed E-state index contributed by atoms with van der Waals surface area (Å²) in [6.45, 7) is 4.28. The van der Waals surface area contributed by atoms with Crippen molar-refractivity contribution in [2.75, 3.05) is 25.1 Å². The van der Waals surface area contributed by atoms with E-state index in [4.69, 9.17) is 5.73 Å². The van der Waals surface area contributed by atoms with Crippen molar-refractivity contribution in [2.45, 2.75) is 32.7 Å². The monoisotopic (exact) mass is 249 g/mol. The van der Waals surface area contributed by atoms with Crippen LogP contribution in [0.5, 0.6) is 0 Å². The number of nitrogens with one attached hydrogen (secondary N) is 1. The van der Waals surface area contributed by atoms with Crippen molar-refractivity contribution >= 4 is 17.3 Å². The molecule has 1 aromatic carbocycles. The molecule has 0 fully saturated rings. The molecule has 0 saturated carbocycles. The highest BCUT2D eigenvalue weighted by atomic mass is 16.2. The summed E-state index contributed by atoms with van der Waals surface area (Å²) in [6, 6.07) is 5.84. The zero-order valence-electron chi connectivity index (χ0n) is 11.7. The van der Waals surface area contributed by atoms with Crippen molar-refractivity contribution < 1.29 is 4.79 Å². The number of carbonyl (C=O) groups excluding carboxylic acids is 1. The van der Waals surface area contributed by atoms with Gasteiger partial charge in [0.2, 0.25) is 0 Å². The summed E-state index contributed by atoms with van der Waals surface area (Å²) in [4.78, 5) is 13.3. The fourth-order valence-electron chi connectivity index (χ4n) is 1.80. The number of nitrogen functional groups attached to an aromatic ring is 1. The van der Waals surface area contributed by atoms with E-state index in [2.05, 4.69) is 19.2 Å². The van der Waals surface area contributed by atoms with Crippen molar-refractivity contribution in [2.24, 2.45) is 0 Å². The molecule has 1 rings (SSSR count). The Hall–Kier alpha value is -1.71. The molecule has 0 atom stereocenters. The number of rotatable bonds is 5. The predicted octanol–water partition coefficient (Wildman–Crippen LogP) is 2.57. The maximum absolute atomic E-state index is 11.8. The first-order chi connectivity index (χ1) is 8.49. The Labute approximate surface area is 109 Å². The van der Waals surface area contributed by atoms with E-state index in [-0.39, 0.29) is 5.91 Å². The van der Waals surface area contributed by atoms with Crippen LogP contribution in [0.1, 0.15) is 37.0 Å². The van der Waals surface area contributed by atoms with E-state index in [9.17, 15) is 4.79 Å². The lowest BCUT2D eigenvalue weighted by molar-refractivity contribution is 0.0827. The molecule has 0 aromatic heterocycles. The standard InChI is InChI=1S/C14H23N3O/c1-5-11(6-2)16-13-8-7-10(9-12(13)15)14(18)17(3)4/h7-9,11,16H,5-6,15H2,1-4H3. The summed E-state index contributed by atoms with van der Waals surface area (Å²) in [5.74, 6) is -0.0317. The van der Waals surface area contributed by atoms with Crippen molar-refractivity contribution in [3.63, 3.8) is 0 Å². The lowest BCUT2D eigenvalue weighted by atomic mass is 10.1. The van der Waals surface area contributed by atoms with Crippen LogP contribution in [0.25, 0.3) is 0 Å². The molecule has 0 spiro atoms. The van der Waals surface area contributed by atoms with E-state index in [0.29, 0.717) is 17.3 Å². The van der Waals surface area contributed by atoms with Crippen LogP contribution in [0.15, 0.2) is 18.2 Å². The molecule has 1 aromatic rings. The number of hydrogen-bond acceptors (Lipinski definition) is 3. The Balaban J connectivity index is 2.89. The second kappa shape index (κ2) is 6.28. The minimum absolute atomic E-state index is 0.0317. The summed E-state index contributed by atoms with van der Waals surface area (Å²) in [6.07, 6.45) is 2.10. The number of carbonyl (C=O) groups is 1. The fourth-order valence-corrected chi connectivity index (χ4v) is 1.80. The zero-order chi connectivity index (χ0) is 13.7.